The highest BCUT2D eigenvalue weighted by Gasteiger charge is 2.31. The summed E-state index contributed by atoms with van der Waals surface area (Å²) in [6, 6.07) is 3.08. The number of hydrogen-bond acceptors (Lipinski definition) is 2. The fourth-order valence-corrected chi connectivity index (χ4v) is 2.18. The van der Waals surface area contributed by atoms with Gasteiger partial charge in [-0.2, -0.15) is 0 Å². The number of Topliss-reactive ketones (excluding diaryl/α,β-unsaturated/α-hetero) is 1. The Hall–Kier alpha value is -1.29. The molecule has 0 spiro atoms. The maximum atomic E-state index is 13.0. The molecule has 2 atom stereocenters. The Kier molecular flexibility index (Phi) is 3.01. The number of hydrogen-bond donors (Lipinski definition) is 1. The van der Waals surface area contributed by atoms with E-state index in [0.29, 0.717) is 0 Å². The molecule has 1 saturated carbocycles. The molecule has 1 aliphatic carbocycles. The number of carbonyl (C=O) groups is 1. The van der Waals surface area contributed by atoms with Crippen molar-refractivity contribution in [1.29, 1.82) is 0 Å². The maximum Gasteiger partial charge on any atom is 0.167 e. The van der Waals surface area contributed by atoms with Crippen LogP contribution in [0, 0.1) is 17.6 Å². The van der Waals surface area contributed by atoms with Crippen molar-refractivity contribution in [3.8, 4) is 0 Å². The van der Waals surface area contributed by atoms with Crippen LogP contribution in [0.5, 0.6) is 0 Å². The van der Waals surface area contributed by atoms with Gasteiger partial charge < -0.3 is 5.73 Å². The van der Waals surface area contributed by atoms with Crippen LogP contribution in [0.25, 0.3) is 0 Å². The third kappa shape index (κ3) is 1.97. The van der Waals surface area contributed by atoms with Crippen LogP contribution in [-0.4, -0.2) is 11.8 Å². The van der Waals surface area contributed by atoms with Gasteiger partial charge in [-0.15, -0.1) is 0 Å². The van der Waals surface area contributed by atoms with Crippen molar-refractivity contribution in [3.63, 3.8) is 0 Å². The minimum atomic E-state index is -0.989. The molecular formula is C12H13F2NO. The molecule has 0 amide bonds. The molecule has 0 saturated heterocycles. The number of nitrogens with two attached hydrogens (primary N) is 1. The summed E-state index contributed by atoms with van der Waals surface area (Å²) >= 11 is 0. The molecule has 2 N–H and O–H groups in total. The van der Waals surface area contributed by atoms with E-state index in [2.05, 4.69) is 0 Å². The van der Waals surface area contributed by atoms with Crippen LogP contribution in [-0.2, 0) is 0 Å². The van der Waals surface area contributed by atoms with Crippen LogP contribution in [0.15, 0.2) is 18.2 Å². The van der Waals surface area contributed by atoms with Crippen molar-refractivity contribution in [2.75, 3.05) is 0 Å². The number of carbonyl (C=O) groups excluding carboxylic acids is 1. The van der Waals surface area contributed by atoms with Gasteiger partial charge in [0.05, 0.1) is 0 Å². The molecule has 0 aromatic heterocycles. The lowest BCUT2D eigenvalue weighted by molar-refractivity contribution is 0.0913. The van der Waals surface area contributed by atoms with E-state index in [4.69, 9.17) is 5.73 Å². The summed E-state index contributed by atoms with van der Waals surface area (Å²) in [7, 11) is 0. The summed E-state index contributed by atoms with van der Waals surface area (Å²) in [6.45, 7) is 0. The molecule has 0 radical (unpaired) electrons. The van der Waals surface area contributed by atoms with Gasteiger partial charge in [-0.25, -0.2) is 8.78 Å². The molecule has 0 bridgehead atoms. The summed E-state index contributed by atoms with van der Waals surface area (Å²) in [5.41, 5.74) is 6.01. The first-order chi connectivity index (χ1) is 7.59. The van der Waals surface area contributed by atoms with E-state index in [1.807, 2.05) is 0 Å². The zero-order chi connectivity index (χ0) is 11.7. The van der Waals surface area contributed by atoms with Crippen molar-refractivity contribution in [2.24, 2.45) is 11.7 Å². The Bertz CT molecular complexity index is 419. The van der Waals surface area contributed by atoms with Gasteiger partial charge in [-0.3, -0.25) is 4.79 Å². The second-order valence-electron chi connectivity index (χ2n) is 4.19. The standard InChI is InChI=1S/C12H13F2NO/c13-9-5-4-7(6-10(9)14)12(16)8-2-1-3-11(8)15/h4-6,8,11H,1-3,15H2. The van der Waals surface area contributed by atoms with Crippen molar-refractivity contribution >= 4 is 5.78 Å². The largest absolute Gasteiger partial charge is 0.327 e. The molecule has 1 aliphatic rings. The summed E-state index contributed by atoms with van der Waals surface area (Å²) in [4.78, 5) is 12.0. The van der Waals surface area contributed by atoms with Crippen molar-refractivity contribution in [2.45, 2.75) is 25.3 Å². The summed E-state index contributed by atoms with van der Waals surface area (Å²) in [5.74, 6) is -2.35. The van der Waals surface area contributed by atoms with Crippen LogP contribution >= 0.6 is 0 Å². The summed E-state index contributed by atoms with van der Waals surface area (Å²) < 4.78 is 25.7. The Balaban J connectivity index is 2.23. The van der Waals surface area contributed by atoms with Gasteiger partial charge in [0.2, 0.25) is 0 Å². The van der Waals surface area contributed by atoms with Gasteiger partial charge in [0.1, 0.15) is 0 Å². The van der Waals surface area contributed by atoms with Crippen LogP contribution in [0.4, 0.5) is 8.78 Å². The van der Waals surface area contributed by atoms with Gasteiger partial charge in [0.15, 0.2) is 17.4 Å². The summed E-state index contributed by atoms with van der Waals surface area (Å²) in [5, 5.41) is 0. The van der Waals surface area contributed by atoms with Crippen molar-refractivity contribution < 1.29 is 13.6 Å². The molecule has 4 heteroatoms. The maximum absolute atomic E-state index is 13.0. The smallest absolute Gasteiger partial charge is 0.167 e. The van der Waals surface area contributed by atoms with E-state index in [9.17, 15) is 13.6 Å². The molecule has 0 heterocycles. The average molecular weight is 225 g/mol. The normalized spacial score (nSPS) is 24.7. The molecule has 1 fully saturated rings. The fourth-order valence-electron chi connectivity index (χ4n) is 2.18. The Morgan fingerprint density at radius 2 is 2.00 bits per heavy atom. The average Bonchev–Trinajstić information content (AvgIpc) is 2.67. The molecule has 1 aromatic rings. The first-order valence-corrected chi connectivity index (χ1v) is 5.34. The molecular weight excluding hydrogens is 212 g/mol. The second-order valence-corrected chi connectivity index (χ2v) is 4.19. The fraction of sp³-hybridized carbons (Fsp3) is 0.417. The van der Waals surface area contributed by atoms with Crippen LogP contribution in [0.2, 0.25) is 0 Å². The minimum absolute atomic E-state index is 0.152. The van der Waals surface area contributed by atoms with E-state index in [1.54, 1.807) is 0 Å². The lowest BCUT2D eigenvalue weighted by atomic mass is 9.93. The molecule has 86 valence electrons. The Morgan fingerprint density at radius 3 is 2.56 bits per heavy atom. The number of rotatable bonds is 2. The highest BCUT2D eigenvalue weighted by Crippen LogP contribution is 2.27. The Labute approximate surface area is 92.4 Å². The van der Waals surface area contributed by atoms with Gasteiger partial charge in [0.25, 0.3) is 0 Å². The molecule has 0 aliphatic heterocycles. The quantitative estimate of drug-likeness (QED) is 0.784. The van der Waals surface area contributed by atoms with E-state index >= 15 is 0 Å². The predicted octanol–water partition coefficient (Wildman–Crippen LogP) is 2.27. The SMILES string of the molecule is NC1CCCC1C(=O)c1ccc(F)c(F)c1. The molecule has 1 aromatic carbocycles. The van der Waals surface area contributed by atoms with Crippen LogP contribution in [0.3, 0.4) is 0 Å². The zero-order valence-electron chi connectivity index (χ0n) is 8.75. The first-order valence-electron chi connectivity index (χ1n) is 5.34. The minimum Gasteiger partial charge on any atom is -0.327 e. The third-order valence-electron chi connectivity index (χ3n) is 3.11. The molecule has 16 heavy (non-hydrogen) atoms. The van der Waals surface area contributed by atoms with Gasteiger partial charge >= 0.3 is 0 Å². The Morgan fingerprint density at radius 1 is 1.25 bits per heavy atom. The number of halogens is 2. The van der Waals surface area contributed by atoms with E-state index in [1.165, 1.54) is 6.07 Å². The lowest BCUT2D eigenvalue weighted by Crippen LogP contribution is -2.30. The lowest BCUT2D eigenvalue weighted by Gasteiger charge is -2.13. The zero-order valence-corrected chi connectivity index (χ0v) is 8.75. The van der Waals surface area contributed by atoms with Crippen LogP contribution in [0.1, 0.15) is 29.6 Å². The van der Waals surface area contributed by atoms with E-state index in [-0.39, 0.29) is 23.3 Å². The predicted molar refractivity (Wildman–Crippen MR) is 56.0 cm³/mol. The van der Waals surface area contributed by atoms with Gasteiger partial charge in [-0.05, 0) is 31.0 Å². The van der Waals surface area contributed by atoms with Gasteiger partial charge in [-0.1, -0.05) is 6.42 Å². The van der Waals surface area contributed by atoms with E-state index in [0.717, 1.165) is 31.4 Å². The summed E-state index contributed by atoms with van der Waals surface area (Å²) in [6.07, 6.45) is 2.47. The number of ketones is 1. The molecule has 2 nitrogen and oxygen atoms in total. The van der Waals surface area contributed by atoms with Gasteiger partial charge in [0, 0.05) is 17.5 Å². The molecule has 2 rings (SSSR count). The topological polar surface area (TPSA) is 43.1 Å². The first kappa shape index (κ1) is 11.2. The second kappa shape index (κ2) is 4.29. The van der Waals surface area contributed by atoms with Crippen molar-refractivity contribution in [1.82, 2.24) is 0 Å². The highest BCUT2D eigenvalue weighted by molar-refractivity contribution is 5.98. The monoisotopic (exact) mass is 225 g/mol. The molecule has 2 unspecified atom stereocenters. The van der Waals surface area contributed by atoms with Crippen LogP contribution < -0.4 is 5.73 Å². The van der Waals surface area contributed by atoms with Crippen molar-refractivity contribution in [3.05, 3.63) is 35.4 Å². The highest BCUT2D eigenvalue weighted by atomic mass is 19.2. The third-order valence-corrected chi connectivity index (χ3v) is 3.11. The number of benzene rings is 1. The van der Waals surface area contributed by atoms with E-state index < -0.39 is 11.6 Å².